The Hall–Kier alpha value is -2.09. The Kier molecular flexibility index (Phi) is 4.13. The molecule has 1 unspecified atom stereocenters. The number of pyridine rings is 1. The molecule has 2 aromatic heterocycles. The van der Waals surface area contributed by atoms with E-state index in [1.807, 2.05) is 4.52 Å². The van der Waals surface area contributed by atoms with Gasteiger partial charge in [-0.2, -0.15) is 4.52 Å². The SMILES string of the molecule is Cc1cc2cc(CNCC3COCCO3)c3nnnn3c2cc1C. The number of benzene rings is 1. The Labute approximate surface area is 139 Å². The zero-order valence-corrected chi connectivity index (χ0v) is 14.0. The molecule has 126 valence electrons. The average Bonchev–Trinajstić information content (AvgIpc) is 3.08. The number of ether oxygens (including phenoxy) is 2. The number of aryl methyl sites for hydroxylation is 2. The summed E-state index contributed by atoms with van der Waals surface area (Å²) in [7, 11) is 0. The molecule has 0 spiro atoms. The van der Waals surface area contributed by atoms with E-state index in [4.69, 9.17) is 9.47 Å². The van der Waals surface area contributed by atoms with Crippen molar-refractivity contribution < 1.29 is 9.47 Å². The van der Waals surface area contributed by atoms with E-state index in [-0.39, 0.29) is 6.10 Å². The number of tetrazole rings is 1. The third-order valence-electron chi connectivity index (χ3n) is 4.53. The van der Waals surface area contributed by atoms with Crippen LogP contribution >= 0.6 is 0 Å². The highest BCUT2D eigenvalue weighted by molar-refractivity contribution is 5.84. The zero-order chi connectivity index (χ0) is 16.5. The van der Waals surface area contributed by atoms with Gasteiger partial charge in [-0.1, -0.05) is 0 Å². The molecule has 7 heteroatoms. The van der Waals surface area contributed by atoms with Crippen molar-refractivity contribution in [3.05, 3.63) is 34.9 Å². The van der Waals surface area contributed by atoms with E-state index in [9.17, 15) is 0 Å². The second-order valence-electron chi connectivity index (χ2n) is 6.28. The van der Waals surface area contributed by atoms with Crippen LogP contribution in [0.15, 0.2) is 18.2 Å². The molecule has 0 aliphatic carbocycles. The van der Waals surface area contributed by atoms with Crippen LogP contribution < -0.4 is 5.32 Å². The van der Waals surface area contributed by atoms with Crippen LogP contribution in [0.2, 0.25) is 0 Å². The van der Waals surface area contributed by atoms with E-state index in [2.05, 4.69) is 52.9 Å². The lowest BCUT2D eigenvalue weighted by Gasteiger charge is -2.23. The number of aromatic nitrogens is 4. The Morgan fingerprint density at radius 2 is 2.08 bits per heavy atom. The normalized spacial score (nSPS) is 18.5. The van der Waals surface area contributed by atoms with Gasteiger partial charge in [0.05, 0.1) is 31.4 Å². The molecule has 1 aliphatic rings. The molecule has 7 nitrogen and oxygen atoms in total. The minimum absolute atomic E-state index is 0.108. The van der Waals surface area contributed by atoms with Crippen molar-refractivity contribution in [1.29, 1.82) is 0 Å². The monoisotopic (exact) mass is 327 g/mol. The first-order valence-electron chi connectivity index (χ1n) is 8.23. The Bertz CT molecular complexity index is 870. The third kappa shape index (κ3) is 2.86. The van der Waals surface area contributed by atoms with E-state index in [1.165, 1.54) is 11.1 Å². The lowest BCUT2D eigenvalue weighted by molar-refractivity contribution is -0.0864. The zero-order valence-electron chi connectivity index (χ0n) is 14.0. The van der Waals surface area contributed by atoms with Gasteiger partial charge < -0.3 is 14.8 Å². The molecule has 3 heterocycles. The van der Waals surface area contributed by atoms with Gasteiger partial charge in [0.2, 0.25) is 0 Å². The standard InChI is InChI=1S/C17H21N5O2/c1-11-5-13-7-14(8-18-9-15-10-23-3-4-24-15)17-19-20-21-22(17)16(13)6-12(11)2/h5-7,15,18H,3-4,8-10H2,1-2H3. The van der Waals surface area contributed by atoms with E-state index in [1.54, 1.807) is 0 Å². The molecule has 0 radical (unpaired) electrons. The third-order valence-corrected chi connectivity index (χ3v) is 4.53. The minimum atomic E-state index is 0.108. The summed E-state index contributed by atoms with van der Waals surface area (Å²) in [6.45, 7) is 7.66. The van der Waals surface area contributed by atoms with Crippen molar-refractivity contribution in [2.75, 3.05) is 26.4 Å². The molecule has 1 saturated heterocycles. The first kappa shape index (κ1) is 15.4. The van der Waals surface area contributed by atoms with Crippen LogP contribution in [-0.2, 0) is 16.0 Å². The fourth-order valence-electron chi connectivity index (χ4n) is 3.08. The molecule has 3 aromatic rings. The molecule has 1 aromatic carbocycles. The Balaban J connectivity index is 1.61. The Morgan fingerprint density at radius 3 is 2.92 bits per heavy atom. The molecular formula is C17H21N5O2. The number of nitrogens with one attached hydrogen (secondary N) is 1. The van der Waals surface area contributed by atoms with E-state index in [0.29, 0.717) is 26.4 Å². The van der Waals surface area contributed by atoms with Gasteiger partial charge in [0.25, 0.3) is 0 Å². The second kappa shape index (κ2) is 6.43. The van der Waals surface area contributed by atoms with Crippen molar-refractivity contribution in [1.82, 2.24) is 25.4 Å². The van der Waals surface area contributed by atoms with Crippen molar-refractivity contribution in [3.8, 4) is 0 Å². The van der Waals surface area contributed by atoms with Gasteiger partial charge >= 0.3 is 0 Å². The molecule has 0 bridgehead atoms. The van der Waals surface area contributed by atoms with Gasteiger partial charge in [-0.15, -0.1) is 5.10 Å². The first-order chi connectivity index (χ1) is 11.7. The predicted molar refractivity (Wildman–Crippen MR) is 90.0 cm³/mol. The molecule has 1 N–H and O–H groups in total. The number of nitrogens with zero attached hydrogens (tertiary/aromatic N) is 4. The van der Waals surface area contributed by atoms with Crippen LogP contribution in [0.3, 0.4) is 0 Å². The summed E-state index contributed by atoms with van der Waals surface area (Å²) in [5.74, 6) is 0. The van der Waals surface area contributed by atoms with Crippen LogP contribution in [-0.4, -0.2) is 52.5 Å². The molecule has 0 amide bonds. The highest BCUT2D eigenvalue weighted by Gasteiger charge is 2.15. The highest BCUT2D eigenvalue weighted by atomic mass is 16.6. The summed E-state index contributed by atoms with van der Waals surface area (Å²) in [5, 5.41) is 16.8. The van der Waals surface area contributed by atoms with Crippen LogP contribution in [0, 0.1) is 13.8 Å². The van der Waals surface area contributed by atoms with Crippen molar-refractivity contribution >= 4 is 16.6 Å². The topological polar surface area (TPSA) is 73.6 Å². The lowest BCUT2D eigenvalue weighted by Crippen LogP contribution is -2.37. The number of hydrogen-bond donors (Lipinski definition) is 1. The summed E-state index contributed by atoms with van der Waals surface area (Å²) in [4.78, 5) is 0. The molecular weight excluding hydrogens is 306 g/mol. The van der Waals surface area contributed by atoms with Crippen LogP contribution in [0.25, 0.3) is 16.6 Å². The summed E-state index contributed by atoms with van der Waals surface area (Å²) < 4.78 is 12.9. The summed E-state index contributed by atoms with van der Waals surface area (Å²) >= 11 is 0. The maximum absolute atomic E-state index is 5.65. The van der Waals surface area contributed by atoms with Crippen LogP contribution in [0.4, 0.5) is 0 Å². The molecule has 1 atom stereocenters. The summed E-state index contributed by atoms with van der Waals surface area (Å²) in [6.07, 6.45) is 0.108. The van der Waals surface area contributed by atoms with Gasteiger partial charge in [-0.3, -0.25) is 0 Å². The quantitative estimate of drug-likeness (QED) is 0.781. The highest BCUT2D eigenvalue weighted by Crippen LogP contribution is 2.22. The molecule has 1 fully saturated rings. The van der Waals surface area contributed by atoms with Crippen molar-refractivity contribution in [2.24, 2.45) is 0 Å². The first-order valence-corrected chi connectivity index (χ1v) is 8.23. The van der Waals surface area contributed by atoms with E-state index >= 15 is 0 Å². The largest absolute Gasteiger partial charge is 0.376 e. The smallest absolute Gasteiger partial charge is 0.184 e. The average molecular weight is 327 g/mol. The molecule has 24 heavy (non-hydrogen) atoms. The summed E-state index contributed by atoms with van der Waals surface area (Å²) in [5.41, 5.74) is 5.40. The van der Waals surface area contributed by atoms with Crippen molar-refractivity contribution in [3.63, 3.8) is 0 Å². The maximum atomic E-state index is 5.65. The predicted octanol–water partition coefficient (Wildman–Crippen LogP) is 1.40. The number of fused-ring (bicyclic) bond motifs is 3. The molecule has 0 saturated carbocycles. The number of hydrogen-bond acceptors (Lipinski definition) is 6. The maximum Gasteiger partial charge on any atom is 0.184 e. The fraction of sp³-hybridized carbons (Fsp3) is 0.471. The fourth-order valence-corrected chi connectivity index (χ4v) is 3.08. The molecule has 4 rings (SSSR count). The van der Waals surface area contributed by atoms with Gasteiger partial charge in [0, 0.05) is 24.0 Å². The van der Waals surface area contributed by atoms with Crippen LogP contribution in [0.1, 0.15) is 16.7 Å². The summed E-state index contributed by atoms with van der Waals surface area (Å²) in [6, 6.07) is 6.49. The van der Waals surface area contributed by atoms with E-state index in [0.717, 1.165) is 28.7 Å². The van der Waals surface area contributed by atoms with Gasteiger partial charge in [0.15, 0.2) is 5.65 Å². The van der Waals surface area contributed by atoms with Gasteiger partial charge in [0.1, 0.15) is 0 Å². The van der Waals surface area contributed by atoms with Crippen LogP contribution in [0.5, 0.6) is 0 Å². The number of rotatable bonds is 4. The molecule has 1 aliphatic heterocycles. The Morgan fingerprint density at radius 1 is 1.21 bits per heavy atom. The lowest BCUT2D eigenvalue weighted by atomic mass is 10.0. The van der Waals surface area contributed by atoms with E-state index < -0.39 is 0 Å². The second-order valence-corrected chi connectivity index (χ2v) is 6.28. The van der Waals surface area contributed by atoms with Gasteiger partial charge in [-0.05, 0) is 53.6 Å². The van der Waals surface area contributed by atoms with Crippen molar-refractivity contribution in [2.45, 2.75) is 26.5 Å². The van der Waals surface area contributed by atoms with Gasteiger partial charge in [-0.25, -0.2) is 0 Å². The minimum Gasteiger partial charge on any atom is -0.376 e.